The molecular formula is C25H27N5O7. The first-order chi connectivity index (χ1) is 17.5. The number of aliphatic carboxylic acids is 1. The first-order valence-electron chi connectivity index (χ1n) is 11.0. The van der Waals surface area contributed by atoms with E-state index in [2.05, 4.69) is 25.6 Å². The lowest BCUT2D eigenvalue weighted by Gasteiger charge is -2.26. The Morgan fingerprint density at radius 3 is 2.35 bits per heavy atom. The van der Waals surface area contributed by atoms with Crippen LogP contribution in [0.25, 0.3) is 11.1 Å². The smallest absolute Gasteiger partial charge is 0.348 e. The number of benzene rings is 1. The molecule has 0 saturated carbocycles. The predicted molar refractivity (Wildman–Crippen MR) is 129 cm³/mol. The molecule has 3 rings (SSSR count). The van der Waals surface area contributed by atoms with Gasteiger partial charge in [0, 0.05) is 25.4 Å². The molecule has 2 heterocycles. The van der Waals surface area contributed by atoms with Crippen LogP contribution >= 0.6 is 0 Å². The number of nitrogens with zero attached hydrogens (tertiary/aromatic N) is 1. The second kappa shape index (κ2) is 12.7. The first kappa shape index (κ1) is 28.4. The number of H-pyrrole nitrogens is 2. The maximum atomic E-state index is 12.8. The van der Waals surface area contributed by atoms with Crippen molar-refractivity contribution in [1.29, 1.82) is 0 Å². The van der Waals surface area contributed by atoms with E-state index in [-0.39, 0.29) is 17.9 Å². The minimum Gasteiger partial charge on any atom is -0.554 e. The fraction of sp³-hybridized carbons (Fsp3) is 0.240. The predicted octanol–water partition coefficient (Wildman–Crippen LogP) is -0.267. The maximum absolute atomic E-state index is 12.8. The van der Waals surface area contributed by atoms with Gasteiger partial charge in [-0.2, -0.15) is 0 Å². The topological polar surface area (TPSA) is 196 Å². The molecule has 1 aromatic carbocycles. The number of hydrogen-bond donors (Lipinski definition) is 4. The van der Waals surface area contributed by atoms with E-state index < -0.39 is 41.3 Å². The van der Waals surface area contributed by atoms with Crippen molar-refractivity contribution in [3.05, 3.63) is 82.3 Å². The Hall–Kier alpha value is -4.87. The van der Waals surface area contributed by atoms with Gasteiger partial charge < -0.3 is 25.6 Å². The summed E-state index contributed by atoms with van der Waals surface area (Å²) in [5.41, 5.74) is 1.04. The average Bonchev–Trinajstić information content (AvgIpc) is 2.87. The summed E-state index contributed by atoms with van der Waals surface area (Å²) in [5.74, 6) is -3.35. The van der Waals surface area contributed by atoms with Gasteiger partial charge in [0.2, 0.25) is 0 Å². The van der Waals surface area contributed by atoms with Crippen molar-refractivity contribution in [1.82, 2.24) is 20.6 Å². The molecule has 2 amide bonds. The molecule has 3 aromatic rings. The molecule has 5 N–H and O–H groups in total. The largest absolute Gasteiger partial charge is 0.554 e. The lowest BCUT2D eigenvalue weighted by Crippen LogP contribution is -2.44. The quantitative estimate of drug-likeness (QED) is 0.298. The fourth-order valence-electron chi connectivity index (χ4n) is 3.18. The molecule has 0 saturated heterocycles. The van der Waals surface area contributed by atoms with Gasteiger partial charge in [0.15, 0.2) is 5.56 Å². The second-order valence-corrected chi connectivity index (χ2v) is 8.48. The van der Waals surface area contributed by atoms with Crippen LogP contribution in [-0.4, -0.2) is 45.9 Å². The lowest BCUT2D eigenvalue weighted by atomic mass is 9.92. The highest BCUT2D eigenvalue weighted by Gasteiger charge is 2.27. The Morgan fingerprint density at radius 2 is 1.81 bits per heavy atom. The van der Waals surface area contributed by atoms with Crippen LogP contribution < -0.4 is 26.3 Å². The van der Waals surface area contributed by atoms with Crippen molar-refractivity contribution < 1.29 is 34.4 Å². The van der Waals surface area contributed by atoms with Crippen LogP contribution in [0.3, 0.4) is 0 Å². The summed E-state index contributed by atoms with van der Waals surface area (Å²) in [6, 6.07) is 11.5. The number of hydrogen-bond acceptors (Lipinski definition) is 7. The molecule has 0 spiro atoms. The molecule has 0 unspecified atom stereocenters. The molecule has 37 heavy (non-hydrogen) atoms. The summed E-state index contributed by atoms with van der Waals surface area (Å²) in [6.45, 7) is 4.46. The summed E-state index contributed by atoms with van der Waals surface area (Å²) in [4.78, 5) is 65.5. The van der Waals surface area contributed by atoms with Crippen LogP contribution in [0.4, 0.5) is 0 Å². The Morgan fingerprint density at radius 1 is 1.16 bits per heavy atom. The van der Waals surface area contributed by atoms with E-state index in [1.165, 1.54) is 6.92 Å². The van der Waals surface area contributed by atoms with Crippen LogP contribution in [0.15, 0.2) is 59.8 Å². The zero-order valence-corrected chi connectivity index (χ0v) is 20.4. The third-order valence-electron chi connectivity index (χ3n) is 5.33. The van der Waals surface area contributed by atoms with Gasteiger partial charge in [-0.25, -0.2) is 14.8 Å². The Labute approximate surface area is 211 Å². The molecule has 0 radical (unpaired) electrons. The first-order valence-corrected chi connectivity index (χ1v) is 11.0. The summed E-state index contributed by atoms with van der Waals surface area (Å²) in [7, 11) is 0. The third kappa shape index (κ3) is 7.82. The average molecular weight is 510 g/mol. The number of aromatic amines is 2. The van der Waals surface area contributed by atoms with Gasteiger partial charge in [0.25, 0.3) is 5.91 Å². The molecule has 12 nitrogen and oxygen atoms in total. The summed E-state index contributed by atoms with van der Waals surface area (Å²) in [6.07, 6.45) is 4.61. The molecular weight excluding hydrogens is 482 g/mol. The van der Waals surface area contributed by atoms with Gasteiger partial charge in [-0.05, 0) is 36.6 Å². The van der Waals surface area contributed by atoms with Gasteiger partial charge in [-0.3, -0.25) is 19.4 Å². The molecule has 1 atom stereocenters. The number of carbonyl (C=O) groups excluding carboxylic acids is 3. The molecule has 2 aromatic heterocycles. The minimum atomic E-state index is -1.06. The van der Waals surface area contributed by atoms with Crippen molar-refractivity contribution >= 4 is 24.3 Å². The van der Waals surface area contributed by atoms with Gasteiger partial charge in [0.05, 0.1) is 11.5 Å². The van der Waals surface area contributed by atoms with E-state index in [1.807, 2.05) is 50.2 Å². The van der Waals surface area contributed by atoms with Crippen LogP contribution in [0, 0.1) is 5.92 Å². The molecule has 12 heteroatoms. The molecule has 0 aliphatic rings. The zero-order valence-electron chi connectivity index (χ0n) is 20.4. The highest BCUT2D eigenvalue weighted by molar-refractivity contribution is 5.94. The molecule has 0 fully saturated rings. The molecule has 0 bridgehead atoms. The number of pyridine rings is 1. The van der Waals surface area contributed by atoms with E-state index in [0.717, 1.165) is 22.9 Å². The van der Waals surface area contributed by atoms with E-state index in [4.69, 9.17) is 15.0 Å². The normalized spacial score (nSPS) is 11.3. The summed E-state index contributed by atoms with van der Waals surface area (Å²) >= 11 is 0. The summed E-state index contributed by atoms with van der Waals surface area (Å²) in [5, 5.41) is 22.4. The SMILES string of the molecule is C[C@H](CNC(=O)c1[nH]c(=O)c(C(=O)NC(C)(C)c2ccc(-c3cccnc3)cc2)c[nH+]1)C(=O)O.O=C[O-]. The number of carboxylic acids is 1. The monoisotopic (exact) mass is 509 g/mol. The van der Waals surface area contributed by atoms with Crippen LogP contribution in [-0.2, 0) is 15.1 Å². The number of carbonyl (C=O) groups is 4. The van der Waals surface area contributed by atoms with Gasteiger partial charge in [-0.1, -0.05) is 37.3 Å². The highest BCUT2D eigenvalue weighted by atomic mass is 16.4. The van der Waals surface area contributed by atoms with E-state index in [1.54, 1.807) is 12.4 Å². The van der Waals surface area contributed by atoms with Gasteiger partial charge in [0.1, 0.15) is 6.20 Å². The molecule has 0 aliphatic heterocycles. The van der Waals surface area contributed by atoms with Crippen molar-refractivity contribution in [3.63, 3.8) is 0 Å². The Balaban J connectivity index is 0.00000153. The van der Waals surface area contributed by atoms with E-state index in [0.29, 0.717) is 0 Å². The molecule has 194 valence electrons. The Bertz CT molecular complexity index is 1310. The van der Waals surface area contributed by atoms with E-state index in [9.17, 15) is 19.2 Å². The zero-order chi connectivity index (χ0) is 27.6. The van der Waals surface area contributed by atoms with Crippen molar-refractivity contribution in [2.45, 2.75) is 26.3 Å². The van der Waals surface area contributed by atoms with Crippen LogP contribution in [0.5, 0.6) is 0 Å². The van der Waals surface area contributed by atoms with Gasteiger partial charge in [-0.15, -0.1) is 0 Å². The number of amides is 2. The third-order valence-corrected chi connectivity index (χ3v) is 5.33. The lowest BCUT2D eigenvalue weighted by molar-refractivity contribution is -0.387. The van der Waals surface area contributed by atoms with E-state index >= 15 is 0 Å². The number of rotatable bonds is 8. The van der Waals surface area contributed by atoms with Crippen LogP contribution in [0.1, 0.15) is 47.3 Å². The minimum absolute atomic E-state index is 0.111. The van der Waals surface area contributed by atoms with Crippen molar-refractivity contribution in [2.75, 3.05) is 6.54 Å². The highest BCUT2D eigenvalue weighted by Crippen LogP contribution is 2.24. The molecule has 0 aliphatic carbocycles. The summed E-state index contributed by atoms with van der Waals surface area (Å²) < 4.78 is 0. The fourth-order valence-corrected chi connectivity index (χ4v) is 3.18. The Kier molecular flexibility index (Phi) is 9.75. The standard InChI is InChI=1S/C24H25N5O5.CH2O2/c1-14(23(33)34)11-27-22(32)19-26-13-18(20(30)28-19)21(31)29-24(2,3)17-8-6-15(7-9-17)16-5-4-10-25-12-16;2-1-3/h4-10,12-14H,11H2,1-3H3,(H,27,32)(H,29,31)(H,33,34)(H,26,28,30);1H,(H,2,3)/t14-;/m1./s1. The number of carboxylic acid groups (broad SMARTS) is 2. The van der Waals surface area contributed by atoms with Crippen LogP contribution in [0.2, 0.25) is 0 Å². The van der Waals surface area contributed by atoms with Gasteiger partial charge >= 0.3 is 23.3 Å². The van der Waals surface area contributed by atoms with Crippen molar-refractivity contribution in [2.24, 2.45) is 5.92 Å². The second-order valence-electron chi connectivity index (χ2n) is 8.48. The van der Waals surface area contributed by atoms with Crippen molar-refractivity contribution in [3.8, 4) is 11.1 Å². The maximum Gasteiger partial charge on any atom is 0.348 e. The number of nitrogens with one attached hydrogen (secondary N) is 4. The number of aromatic nitrogens is 3.